The maximum absolute atomic E-state index is 5.36. The minimum absolute atomic E-state index is 0.769. The lowest BCUT2D eigenvalue weighted by Crippen LogP contribution is -2.08. The zero-order chi connectivity index (χ0) is 7.68. The van der Waals surface area contributed by atoms with Crippen LogP contribution in [0.5, 0.6) is 0 Å². The molecule has 2 rings (SSSR count). The number of nitrogens with two attached hydrogens (primary N) is 1. The summed E-state index contributed by atoms with van der Waals surface area (Å²) in [5.41, 5.74) is 0. The summed E-state index contributed by atoms with van der Waals surface area (Å²) in [4.78, 5) is 5.14. The van der Waals surface area contributed by atoms with Gasteiger partial charge in [0, 0.05) is 18.5 Å². The Bertz CT molecular complexity index is 333. The first-order valence-electron chi connectivity index (χ1n) is 3.15. The molecule has 0 radical (unpaired) electrons. The molecule has 0 aliphatic heterocycles. The van der Waals surface area contributed by atoms with Crippen LogP contribution >= 0.6 is 0 Å². The van der Waals surface area contributed by atoms with Crippen molar-refractivity contribution in [2.75, 3.05) is 5.84 Å². The quantitative estimate of drug-likeness (QED) is 0.570. The zero-order valence-electron chi connectivity index (χ0n) is 5.75. The third-order valence-corrected chi connectivity index (χ3v) is 1.36. The number of imidazole rings is 1. The van der Waals surface area contributed by atoms with Crippen LogP contribution in [0, 0.1) is 0 Å². The van der Waals surface area contributed by atoms with Gasteiger partial charge in [-0.1, -0.05) is 0 Å². The van der Waals surface area contributed by atoms with E-state index in [9.17, 15) is 0 Å². The Morgan fingerprint density at radius 3 is 2.82 bits per heavy atom. The Hall–Kier alpha value is -1.78. The van der Waals surface area contributed by atoms with Crippen molar-refractivity contribution in [1.82, 2.24) is 19.4 Å². The van der Waals surface area contributed by atoms with E-state index in [1.807, 2.05) is 12.3 Å². The average molecular weight is 149 g/mol. The van der Waals surface area contributed by atoms with Gasteiger partial charge in [0.25, 0.3) is 0 Å². The van der Waals surface area contributed by atoms with Crippen molar-refractivity contribution in [1.29, 1.82) is 0 Å². The maximum atomic E-state index is 5.36. The molecule has 0 aliphatic carbocycles. The van der Waals surface area contributed by atoms with Gasteiger partial charge in [0.05, 0.1) is 6.20 Å². The molecule has 0 saturated heterocycles. The summed E-state index contributed by atoms with van der Waals surface area (Å²) in [5.74, 6) is 6.13. The molecule has 5 nitrogen and oxygen atoms in total. The predicted octanol–water partition coefficient (Wildman–Crippen LogP) is -0.217. The van der Waals surface area contributed by atoms with Gasteiger partial charge in [-0.3, -0.25) is 4.57 Å². The van der Waals surface area contributed by atoms with E-state index in [0.717, 1.165) is 5.82 Å². The van der Waals surface area contributed by atoms with Crippen LogP contribution in [0.1, 0.15) is 0 Å². The summed E-state index contributed by atoms with van der Waals surface area (Å²) in [7, 11) is 0. The fourth-order valence-corrected chi connectivity index (χ4v) is 0.860. The van der Waals surface area contributed by atoms with Gasteiger partial charge in [0.1, 0.15) is 6.33 Å². The SMILES string of the molecule is Nn1ccc(-n2ccnc2)n1. The Morgan fingerprint density at radius 1 is 1.36 bits per heavy atom. The molecular formula is C6H7N5. The number of nitrogens with zero attached hydrogens (tertiary/aromatic N) is 4. The maximum Gasteiger partial charge on any atom is 0.161 e. The van der Waals surface area contributed by atoms with Crippen LogP contribution < -0.4 is 5.84 Å². The Balaban J connectivity index is 2.45. The predicted molar refractivity (Wildman–Crippen MR) is 39.5 cm³/mol. The van der Waals surface area contributed by atoms with Crippen LogP contribution in [0.3, 0.4) is 0 Å². The van der Waals surface area contributed by atoms with Crippen LogP contribution in [0.2, 0.25) is 0 Å². The van der Waals surface area contributed by atoms with Crippen LogP contribution in [-0.4, -0.2) is 19.4 Å². The topological polar surface area (TPSA) is 61.7 Å². The number of nitrogen functional groups attached to an aromatic ring is 1. The summed E-state index contributed by atoms with van der Waals surface area (Å²) in [6.45, 7) is 0. The number of aromatic nitrogens is 4. The number of hydrogen-bond acceptors (Lipinski definition) is 3. The van der Waals surface area contributed by atoms with Gasteiger partial charge in [-0.2, -0.15) is 4.79 Å². The largest absolute Gasteiger partial charge is 0.323 e. The highest BCUT2D eigenvalue weighted by Gasteiger charge is 1.96. The van der Waals surface area contributed by atoms with Crippen molar-refractivity contribution in [3.63, 3.8) is 0 Å². The number of hydrogen-bond donors (Lipinski definition) is 1. The van der Waals surface area contributed by atoms with Gasteiger partial charge in [0.2, 0.25) is 0 Å². The molecule has 0 saturated carbocycles. The Morgan fingerprint density at radius 2 is 2.27 bits per heavy atom. The molecule has 0 unspecified atom stereocenters. The average Bonchev–Trinajstić information content (AvgIpc) is 2.55. The Labute approximate surface area is 63.0 Å². The van der Waals surface area contributed by atoms with Gasteiger partial charge in [-0.05, 0) is 0 Å². The molecule has 2 aromatic rings. The van der Waals surface area contributed by atoms with Crippen molar-refractivity contribution in [2.45, 2.75) is 0 Å². The molecule has 0 amide bonds. The van der Waals surface area contributed by atoms with Crippen molar-refractivity contribution >= 4 is 0 Å². The zero-order valence-corrected chi connectivity index (χ0v) is 5.75. The van der Waals surface area contributed by atoms with Crippen molar-refractivity contribution in [3.8, 4) is 5.82 Å². The second-order valence-electron chi connectivity index (χ2n) is 2.12. The highest BCUT2D eigenvalue weighted by atomic mass is 15.5. The van der Waals surface area contributed by atoms with Gasteiger partial charge in [-0.25, -0.2) is 4.98 Å². The lowest BCUT2D eigenvalue weighted by Gasteiger charge is -1.92. The third-order valence-electron chi connectivity index (χ3n) is 1.36. The first kappa shape index (κ1) is 5.96. The van der Waals surface area contributed by atoms with E-state index in [2.05, 4.69) is 10.1 Å². The fourth-order valence-electron chi connectivity index (χ4n) is 0.860. The molecular weight excluding hydrogens is 142 g/mol. The summed E-state index contributed by atoms with van der Waals surface area (Å²) in [5, 5.41) is 3.97. The first-order valence-corrected chi connectivity index (χ1v) is 3.15. The summed E-state index contributed by atoms with van der Waals surface area (Å²) >= 11 is 0. The summed E-state index contributed by atoms with van der Waals surface area (Å²) < 4.78 is 1.78. The van der Waals surface area contributed by atoms with Gasteiger partial charge >= 0.3 is 0 Å². The summed E-state index contributed by atoms with van der Waals surface area (Å²) in [6.07, 6.45) is 6.84. The molecule has 0 spiro atoms. The molecule has 0 bridgehead atoms. The standard InChI is InChI=1S/C6H7N5/c7-11-3-1-6(9-11)10-4-2-8-5-10/h1-5H,7H2. The van der Waals surface area contributed by atoms with E-state index in [1.54, 1.807) is 23.3 Å². The molecule has 0 aliphatic rings. The smallest absolute Gasteiger partial charge is 0.161 e. The van der Waals surface area contributed by atoms with E-state index in [-0.39, 0.29) is 0 Å². The molecule has 0 atom stereocenters. The van der Waals surface area contributed by atoms with Crippen molar-refractivity contribution in [3.05, 3.63) is 31.0 Å². The van der Waals surface area contributed by atoms with Gasteiger partial charge < -0.3 is 5.84 Å². The van der Waals surface area contributed by atoms with Crippen molar-refractivity contribution < 1.29 is 0 Å². The minimum atomic E-state index is 0.769. The number of rotatable bonds is 1. The van der Waals surface area contributed by atoms with Crippen LogP contribution in [0.15, 0.2) is 31.0 Å². The van der Waals surface area contributed by atoms with Crippen molar-refractivity contribution in [2.24, 2.45) is 0 Å². The van der Waals surface area contributed by atoms with E-state index < -0.39 is 0 Å². The highest BCUT2D eigenvalue weighted by Crippen LogP contribution is 2.00. The molecule has 2 aromatic heterocycles. The van der Waals surface area contributed by atoms with E-state index in [4.69, 9.17) is 5.84 Å². The van der Waals surface area contributed by atoms with E-state index >= 15 is 0 Å². The molecule has 11 heavy (non-hydrogen) atoms. The second kappa shape index (κ2) is 2.12. The Kier molecular flexibility index (Phi) is 1.15. The van der Waals surface area contributed by atoms with Gasteiger partial charge in [0.15, 0.2) is 5.82 Å². The highest BCUT2D eigenvalue weighted by molar-refractivity contribution is 5.18. The molecule has 2 N–H and O–H groups in total. The molecule has 56 valence electrons. The second-order valence-corrected chi connectivity index (χ2v) is 2.12. The lowest BCUT2D eigenvalue weighted by molar-refractivity contribution is 0.805. The molecule has 5 heteroatoms. The third kappa shape index (κ3) is 0.958. The molecule has 0 fully saturated rings. The van der Waals surface area contributed by atoms with Crippen LogP contribution in [-0.2, 0) is 0 Å². The van der Waals surface area contributed by atoms with E-state index in [0.29, 0.717) is 0 Å². The van der Waals surface area contributed by atoms with E-state index in [1.165, 1.54) is 4.79 Å². The lowest BCUT2D eigenvalue weighted by atomic mass is 10.6. The normalized spacial score (nSPS) is 10.2. The molecule has 2 heterocycles. The fraction of sp³-hybridized carbons (Fsp3) is 0. The monoisotopic (exact) mass is 149 g/mol. The summed E-state index contributed by atoms with van der Waals surface area (Å²) in [6, 6.07) is 1.81. The first-order chi connectivity index (χ1) is 5.36. The van der Waals surface area contributed by atoms with Gasteiger partial charge in [-0.15, -0.1) is 5.10 Å². The van der Waals surface area contributed by atoms with Crippen LogP contribution in [0.25, 0.3) is 5.82 Å². The van der Waals surface area contributed by atoms with Crippen LogP contribution in [0.4, 0.5) is 0 Å². The molecule has 0 aromatic carbocycles. The minimum Gasteiger partial charge on any atom is -0.323 e.